The van der Waals surface area contributed by atoms with Crippen molar-refractivity contribution in [3.63, 3.8) is 0 Å². The Bertz CT molecular complexity index is 489. The zero-order valence-corrected chi connectivity index (χ0v) is 11.0. The Morgan fingerprint density at radius 2 is 1.88 bits per heavy atom. The fourth-order valence-corrected chi connectivity index (χ4v) is 3.16. The zero-order valence-electron chi connectivity index (χ0n) is 7.88. The lowest BCUT2D eigenvalue weighted by molar-refractivity contribution is 0.613. The molecule has 0 fully saturated rings. The van der Waals surface area contributed by atoms with Gasteiger partial charge in [0.15, 0.2) is 0 Å². The first-order chi connectivity index (χ1) is 7.59. The van der Waals surface area contributed by atoms with Crippen molar-refractivity contribution in [1.29, 1.82) is 0 Å². The fourth-order valence-electron chi connectivity index (χ4n) is 1.36. The van der Waals surface area contributed by atoms with Crippen LogP contribution in [0.25, 0.3) is 0 Å². The summed E-state index contributed by atoms with van der Waals surface area (Å²) in [5, 5.41) is -0.282. The molecule has 0 aliphatic heterocycles. The average Bonchev–Trinajstić information content (AvgIpc) is 2.64. The van der Waals surface area contributed by atoms with E-state index >= 15 is 0 Å². The largest absolute Gasteiger partial charge is 0.207 e. The van der Waals surface area contributed by atoms with Crippen LogP contribution in [-0.4, -0.2) is 0 Å². The highest BCUT2D eigenvalue weighted by Crippen LogP contribution is 2.39. The van der Waals surface area contributed by atoms with Gasteiger partial charge in [-0.3, -0.25) is 0 Å². The third-order valence-electron chi connectivity index (χ3n) is 2.10. The maximum absolute atomic E-state index is 13.6. The first-order valence-corrected chi connectivity index (χ1v) is 6.43. The van der Waals surface area contributed by atoms with E-state index < -0.39 is 11.2 Å². The summed E-state index contributed by atoms with van der Waals surface area (Å²) < 4.78 is 14.2. The van der Waals surface area contributed by atoms with Gasteiger partial charge in [0.1, 0.15) is 5.82 Å². The Hall–Kier alpha value is -0.280. The lowest BCUT2D eigenvalue weighted by Gasteiger charge is -2.10. The zero-order chi connectivity index (χ0) is 11.7. The van der Waals surface area contributed by atoms with E-state index in [2.05, 4.69) is 0 Å². The van der Waals surface area contributed by atoms with Crippen LogP contribution in [0.5, 0.6) is 0 Å². The Kier molecular flexibility index (Phi) is 3.75. The molecule has 1 atom stereocenters. The molecule has 1 heterocycles. The Balaban J connectivity index is 2.45. The summed E-state index contributed by atoms with van der Waals surface area (Å²) in [7, 11) is 0. The number of rotatable bonds is 2. The van der Waals surface area contributed by atoms with Gasteiger partial charge >= 0.3 is 0 Å². The van der Waals surface area contributed by atoms with E-state index in [0.717, 1.165) is 4.88 Å². The van der Waals surface area contributed by atoms with Gasteiger partial charge in [0.25, 0.3) is 0 Å². The number of hydrogen-bond acceptors (Lipinski definition) is 1. The van der Waals surface area contributed by atoms with Crippen LogP contribution in [0.1, 0.15) is 15.8 Å². The molecular weight excluding hydrogens is 290 g/mol. The minimum absolute atomic E-state index is 0.296. The van der Waals surface area contributed by atoms with Crippen molar-refractivity contribution in [2.75, 3.05) is 0 Å². The predicted octanol–water partition coefficient (Wildman–Crippen LogP) is 5.52. The summed E-state index contributed by atoms with van der Waals surface area (Å²) in [4.78, 5) is 0.777. The summed E-state index contributed by atoms with van der Waals surface area (Å²) in [5.74, 6) is -0.406. The van der Waals surface area contributed by atoms with E-state index in [4.69, 9.17) is 34.8 Å². The highest BCUT2D eigenvalue weighted by molar-refractivity contribution is 7.16. The average molecular weight is 296 g/mol. The second-order valence-corrected chi connectivity index (χ2v) is 5.73. The number of benzene rings is 1. The third-order valence-corrected chi connectivity index (χ3v) is 4.31. The molecule has 16 heavy (non-hydrogen) atoms. The standard InChI is InChI=1S/C11H6Cl3FS/c12-6-2-1-3-7(15)10(6)11(14)8-4-5-9(13)16-8/h1-5,11H. The molecule has 1 unspecified atom stereocenters. The van der Waals surface area contributed by atoms with Crippen LogP contribution >= 0.6 is 46.1 Å². The molecule has 0 aliphatic rings. The molecule has 0 bridgehead atoms. The van der Waals surface area contributed by atoms with Crippen LogP contribution in [0, 0.1) is 5.82 Å². The van der Waals surface area contributed by atoms with Crippen LogP contribution in [0.2, 0.25) is 9.36 Å². The summed E-state index contributed by atoms with van der Waals surface area (Å²) in [5.41, 5.74) is 0.296. The molecule has 0 amide bonds. The third kappa shape index (κ3) is 2.35. The molecule has 0 radical (unpaired) electrons. The first-order valence-electron chi connectivity index (χ1n) is 4.43. The first kappa shape index (κ1) is 12.2. The normalized spacial score (nSPS) is 12.8. The van der Waals surface area contributed by atoms with Gasteiger partial charge in [-0.1, -0.05) is 29.3 Å². The molecule has 2 aromatic rings. The fraction of sp³-hybridized carbons (Fsp3) is 0.0909. The van der Waals surface area contributed by atoms with E-state index in [1.54, 1.807) is 24.3 Å². The molecule has 0 saturated heterocycles. The Labute approximate surface area is 112 Å². The quantitative estimate of drug-likeness (QED) is 0.640. The van der Waals surface area contributed by atoms with E-state index in [-0.39, 0.29) is 0 Å². The van der Waals surface area contributed by atoms with E-state index in [1.807, 2.05) is 0 Å². The maximum Gasteiger partial charge on any atom is 0.129 e. The molecule has 1 aromatic carbocycles. The maximum atomic E-state index is 13.6. The van der Waals surface area contributed by atoms with Crippen LogP contribution in [0.3, 0.4) is 0 Å². The molecule has 2 rings (SSSR count). The number of halogens is 4. The van der Waals surface area contributed by atoms with Crippen LogP contribution in [0.15, 0.2) is 30.3 Å². The van der Waals surface area contributed by atoms with Crippen molar-refractivity contribution >= 4 is 46.1 Å². The minimum Gasteiger partial charge on any atom is -0.207 e. The Morgan fingerprint density at radius 3 is 2.44 bits per heavy atom. The van der Waals surface area contributed by atoms with Gasteiger partial charge in [-0.05, 0) is 24.3 Å². The summed E-state index contributed by atoms with van der Waals surface area (Å²) in [6.45, 7) is 0. The van der Waals surface area contributed by atoms with Gasteiger partial charge < -0.3 is 0 Å². The lowest BCUT2D eigenvalue weighted by atomic mass is 10.1. The number of thiophene rings is 1. The second-order valence-electron chi connectivity index (χ2n) is 3.14. The van der Waals surface area contributed by atoms with Gasteiger partial charge in [0.2, 0.25) is 0 Å². The van der Waals surface area contributed by atoms with Crippen molar-refractivity contribution in [3.8, 4) is 0 Å². The SMILES string of the molecule is Fc1cccc(Cl)c1C(Cl)c1ccc(Cl)s1. The molecule has 5 heteroatoms. The van der Waals surface area contributed by atoms with Crippen molar-refractivity contribution < 1.29 is 4.39 Å². The second kappa shape index (κ2) is 4.92. The summed E-state index contributed by atoms with van der Waals surface area (Å²) in [6.07, 6.45) is 0. The molecule has 0 spiro atoms. The summed E-state index contributed by atoms with van der Waals surface area (Å²) >= 11 is 19.2. The minimum atomic E-state index is -0.605. The van der Waals surface area contributed by atoms with Gasteiger partial charge in [-0.2, -0.15) is 0 Å². The Morgan fingerprint density at radius 1 is 1.12 bits per heavy atom. The molecule has 0 nitrogen and oxygen atoms in total. The molecule has 0 aliphatic carbocycles. The smallest absolute Gasteiger partial charge is 0.129 e. The van der Waals surface area contributed by atoms with Crippen molar-refractivity contribution in [3.05, 3.63) is 55.9 Å². The highest BCUT2D eigenvalue weighted by atomic mass is 35.5. The molecule has 84 valence electrons. The van der Waals surface area contributed by atoms with E-state index in [9.17, 15) is 4.39 Å². The number of alkyl halides is 1. The highest BCUT2D eigenvalue weighted by Gasteiger charge is 2.19. The van der Waals surface area contributed by atoms with Gasteiger partial charge in [0.05, 0.1) is 9.71 Å². The summed E-state index contributed by atoms with van der Waals surface area (Å²) in [6, 6.07) is 8.00. The van der Waals surface area contributed by atoms with Crippen molar-refractivity contribution in [1.82, 2.24) is 0 Å². The van der Waals surface area contributed by atoms with Crippen molar-refractivity contribution in [2.45, 2.75) is 5.38 Å². The van der Waals surface area contributed by atoms with E-state index in [1.165, 1.54) is 17.4 Å². The van der Waals surface area contributed by atoms with E-state index in [0.29, 0.717) is 14.9 Å². The topological polar surface area (TPSA) is 0 Å². The van der Waals surface area contributed by atoms with Gasteiger partial charge in [-0.25, -0.2) is 4.39 Å². The van der Waals surface area contributed by atoms with Crippen LogP contribution in [0.4, 0.5) is 4.39 Å². The molecule has 0 saturated carbocycles. The predicted molar refractivity (Wildman–Crippen MR) is 68.4 cm³/mol. The van der Waals surface area contributed by atoms with Crippen molar-refractivity contribution in [2.24, 2.45) is 0 Å². The molecule has 1 aromatic heterocycles. The van der Waals surface area contributed by atoms with Crippen LogP contribution < -0.4 is 0 Å². The van der Waals surface area contributed by atoms with Crippen LogP contribution in [-0.2, 0) is 0 Å². The van der Waals surface area contributed by atoms with Gasteiger partial charge in [-0.15, -0.1) is 22.9 Å². The molecule has 0 N–H and O–H groups in total. The number of hydrogen-bond donors (Lipinski definition) is 0. The monoisotopic (exact) mass is 294 g/mol. The molecular formula is C11H6Cl3FS. The lowest BCUT2D eigenvalue weighted by Crippen LogP contribution is -1.95. The van der Waals surface area contributed by atoms with Gasteiger partial charge in [0, 0.05) is 15.5 Å².